The molecule has 0 aromatic carbocycles. The number of hydrogen-bond acceptors (Lipinski definition) is 3. The van der Waals surface area contributed by atoms with Crippen molar-refractivity contribution >= 4 is 11.9 Å². The molecule has 0 aromatic heterocycles. The summed E-state index contributed by atoms with van der Waals surface area (Å²) in [6.07, 6.45) is 4.26. The van der Waals surface area contributed by atoms with Crippen molar-refractivity contribution in [2.75, 3.05) is 19.8 Å². The Kier molecular flexibility index (Phi) is 5.40. The summed E-state index contributed by atoms with van der Waals surface area (Å²) in [7, 11) is 0. The minimum atomic E-state index is -0.827. The number of amides is 1. The fraction of sp³-hybridized carbons (Fsp3) is 0.867. The zero-order chi connectivity index (χ0) is 14.5. The smallest absolute Gasteiger partial charge is 0.307 e. The molecular formula is C15H25NO4. The molecule has 0 spiro atoms. The van der Waals surface area contributed by atoms with Crippen LogP contribution in [0.25, 0.3) is 0 Å². The number of aliphatic carboxylic acids is 1. The van der Waals surface area contributed by atoms with Crippen LogP contribution in [0.1, 0.15) is 39.0 Å². The van der Waals surface area contributed by atoms with Gasteiger partial charge in [0.25, 0.3) is 0 Å². The molecule has 0 aromatic rings. The van der Waals surface area contributed by atoms with Gasteiger partial charge in [0.05, 0.1) is 11.8 Å². The number of rotatable bonds is 5. The molecule has 1 amide bonds. The zero-order valence-electron chi connectivity index (χ0n) is 12.1. The summed E-state index contributed by atoms with van der Waals surface area (Å²) in [5.41, 5.74) is 0. The first-order valence-electron chi connectivity index (χ1n) is 7.70. The molecule has 5 heteroatoms. The van der Waals surface area contributed by atoms with Crippen LogP contribution in [0.5, 0.6) is 0 Å². The molecule has 1 heterocycles. The average molecular weight is 283 g/mol. The van der Waals surface area contributed by atoms with Crippen LogP contribution in [0.3, 0.4) is 0 Å². The van der Waals surface area contributed by atoms with Crippen LogP contribution in [0.15, 0.2) is 0 Å². The molecule has 0 radical (unpaired) electrons. The third kappa shape index (κ3) is 3.72. The molecule has 1 aliphatic carbocycles. The van der Waals surface area contributed by atoms with Crippen molar-refractivity contribution in [2.24, 2.45) is 23.7 Å². The molecule has 2 aliphatic rings. The van der Waals surface area contributed by atoms with Gasteiger partial charge in [-0.2, -0.15) is 0 Å². The molecule has 1 saturated heterocycles. The first-order chi connectivity index (χ1) is 9.61. The van der Waals surface area contributed by atoms with Crippen molar-refractivity contribution in [3.05, 3.63) is 0 Å². The SMILES string of the molecule is CCC1CC(C(=O)O)C(C(=O)NCC2CCOCC2)C1. The normalized spacial score (nSPS) is 31.1. The number of carboxylic acid groups (broad SMARTS) is 1. The largest absolute Gasteiger partial charge is 0.481 e. The molecule has 20 heavy (non-hydrogen) atoms. The highest BCUT2D eigenvalue weighted by Crippen LogP contribution is 2.38. The summed E-state index contributed by atoms with van der Waals surface area (Å²) < 4.78 is 5.29. The van der Waals surface area contributed by atoms with Crippen LogP contribution in [-0.2, 0) is 14.3 Å². The highest BCUT2D eigenvalue weighted by atomic mass is 16.5. The van der Waals surface area contributed by atoms with Gasteiger partial charge in [0.2, 0.25) is 5.91 Å². The van der Waals surface area contributed by atoms with E-state index in [9.17, 15) is 14.7 Å². The lowest BCUT2D eigenvalue weighted by Crippen LogP contribution is -2.38. The van der Waals surface area contributed by atoms with Gasteiger partial charge in [0, 0.05) is 19.8 Å². The lowest BCUT2D eigenvalue weighted by Gasteiger charge is -2.23. The van der Waals surface area contributed by atoms with Gasteiger partial charge in [-0.3, -0.25) is 9.59 Å². The number of hydrogen-bond donors (Lipinski definition) is 2. The molecular weight excluding hydrogens is 258 g/mol. The summed E-state index contributed by atoms with van der Waals surface area (Å²) in [4.78, 5) is 23.5. The second kappa shape index (κ2) is 7.07. The van der Waals surface area contributed by atoms with Gasteiger partial charge in [0.1, 0.15) is 0 Å². The lowest BCUT2D eigenvalue weighted by molar-refractivity contribution is -0.146. The monoisotopic (exact) mass is 283 g/mol. The van der Waals surface area contributed by atoms with Crippen LogP contribution in [0.4, 0.5) is 0 Å². The predicted octanol–water partition coefficient (Wildman–Crippen LogP) is 1.67. The first kappa shape index (κ1) is 15.3. The Balaban J connectivity index is 1.85. The third-order valence-electron chi connectivity index (χ3n) is 4.80. The zero-order valence-corrected chi connectivity index (χ0v) is 12.1. The Bertz CT molecular complexity index is 352. The van der Waals surface area contributed by atoms with E-state index in [-0.39, 0.29) is 11.8 Å². The quantitative estimate of drug-likeness (QED) is 0.804. The fourth-order valence-corrected chi connectivity index (χ4v) is 3.37. The number of ether oxygens (including phenoxy) is 1. The highest BCUT2D eigenvalue weighted by molar-refractivity contribution is 5.85. The summed E-state index contributed by atoms with van der Waals surface area (Å²) in [5.74, 6) is -0.909. The van der Waals surface area contributed by atoms with E-state index in [1.165, 1.54) is 0 Å². The van der Waals surface area contributed by atoms with Gasteiger partial charge in [-0.15, -0.1) is 0 Å². The van der Waals surface area contributed by atoms with Crippen LogP contribution >= 0.6 is 0 Å². The second-order valence-electron chi connectivity index (χ2n) is 6.10. The Morgan fingerprint density at radius 3 is 2.40 bits per heavy atom. The standard InChI is InChI=1S/C15H25NO4/c1-2-10-7-12(13(8-10)15(18)19)14(17)16-9-11-3-5-20-6-4-11/h10-13H,2-9H2,1H3,(H,16,17)(H,18,19). The van der Waals surface area contributed by atoms with Crippen molar-refractivity contribution in [3.8, 4) is 0 Å². The van der Waals surface area contributed by atoms with Crippen molar-refractivity contribution in [2.45, 2.75) is 39.0 Å². The van der Waals surface area contributed by atoms with Crippen LogP contribution in [0.2, 0.25) is 0 Å². The first-order valence-corrected chi connectivity index (χ1v) is 7.70. The summed E-state index contributed by atoms with van der Waals surface area (Å²) in [5, 5.41) is 12.2. The van der Waals surface area contributed by atoms with E-state index < -0.39 is 11.9 Å². The average Bonchev–Trinajstić information content (AvgIpc) is 2.90. The van der Waals surface area contributed by atoms with E-state index in [0.717, 1.165) is 32.5 Å². The molecule has 1 saturated carbocycles. The molecule has 0 bridgehead atoms. The summed E-state index contributed by atoms with van der Waals surface area (Å²) in [6.45, 7) is 4.24. The molecule has 2 fully saturated rings. The van der Waals surface area contributed by atoms with E-state index in [0.29, 0.717) is 31.2 Å². The van der Waals surface area contributed by atoms with Gasteiger partial charge in [-0.25, -0.2) is 0 Å². The topological polar surface area (TPSA) is 75.6 Å². The van der Waals surface area contributed by atoms with Gasteiger partial charge in [-0.1, -0.05) is 13.3 Å². The molecule has 114 valence electrons. The lowest BCUT2D eigenvalue weighted by atomic mass is 9.94. The molecule has 3 atom stereocenters. The number of nitrogens with one attached hydrogen (secondary N) is 1. The van der Waals surface area contributed by atoms with E-state index in [2.05, 4.69) is 12.2 Å². The molecule has 2 rings (SSSR count). The van der Waals surface area contributed by atoms with E-state index in [4.69, 9.17) is 4.74 Å². The van der Waals surface area contributed by atoms with Crippen molar-refractivity contribution < 1.29 is 19.4 Å². The Labute approximate surface area is 120 Å². The Morgan fingerprint density at radius 2 is 1.80 bits per heavy atom. The molecule has 5 nitrogen and oxygen atoms in total. The van der Waals surface area contributed by atoms with Crippen LogP contribution < -0.4 is 5.32 Å². The molecule has 1 aliphatic heterocycles. The van der Waals surface area contributed by atoms with Gasteiger partial charge < -0.3 is 15.2 Å². The number of carbonyl (C=O) groups excluding carboxylic acids is 1. The van der Waals surface area contributed by atoms with Gasteiger partial charge in [0.15, 0.2) is 0 Å². The minimum Gasteiger partial charge on any atom is -0.481 e. The van der Waals surface area contributed by atoms with Crippen molar-refractivity contribution in [1.29, 1.82) is 0 Å². The maximum Gasteiger partial charge on any atom is 0.307 e. The number of carbonyl (C=O) groups is 2. The van der Waals surface area contributed by atoms with Crippen LogP contribution in [0, 0.1) is 23.7 Å². The summed E-state index contributed by atoms with van der Waals surface area (Å²) in [6, 6.07) is 0. The van der Waals surface area contributed by atoms with E-state index >= 15 is 0 Å². The summed E-state index contributed by atoms with van der Waals surface area (Å²) >= 11 is 0. The second-order valence-corrected chi connectivity index (χ2v) is 6.10. The fourth-order valence-electron chi connectivity index (χ4n) is 3.37. The number of carboxylic acids is 1. The molecule has 3 unspecified atom stereocenters. The third-order valence-corrected chi connectivity index (χ3v) is 4.80. The minimum absolute atomic E-state index is 0.0696. The Morgan fingerprint density at radius 1 is 1.15 bits per heavy atom. The van der Waals surface area contributed by atoms with E-state index in [1.807, 2.05) is 0 Å². The van der Waals surface area contributed by atoms with Crippen molar-refractivity contribution in [1.82, 2.24) is 5.32 Å². The van der Waals surface area contributed by atoms with Crippen molar-refractivity contribution in [3.63, 3.8) is 0 Å². The van der Waals surface area contributed by atoms with Crippen LogP contribution in [-0.4, -0.2) is 36.7 Å². The maximum atomic E-state index is 12.3. The van der Waals surface area contributed by atoms with Gasteiger partial charge in [-0.05, 0) is 37.5 Å². The van der Waals surface area contributed by atoms with E-state index in [1.54, 1.807) is 0 Å². The van der Waals surface area contributed by atoms with Gasteiger partial charge >= 0.3 is 5.97 Å². The predicted molar refractivity (Wildman–Crippen MR) is 74.2 cm³/mol. The Hall–Kier alpha value is -1.10. The highest BCUT2D eigenvalue weighted by Gasteiger charge is 2.42. The maximum absolute atomic E-state index is 12.3. The molecule has 2 N–H and O–H groups in total.